The van der Waals surface area contributed by atoms with E-state index in [4.69, 9.17) is 15.0 Å². The van der Waals surface area contributed by atoms with Gasteiger partial charge < -0.3 is 20.1 Å². The Morgan fingerprint density at radius 1 is 1.26 bits per heavy atom. The Kier molecular flexibility index (Phi) is 3.14. The van der Waals surface area contributed by atoms with Crippen molar-refractivity contribution >= 4 is 5.82 Å². The Morgan fingerprint density at radius 3 is 2.42 bits per heavy atom. The minimum absolute atomic E-state index is 0.184. The van der Waals surface area contributed by atoms with Crippen molar-refractivity contribution in [2.45, 2.75) is 26.2 Å². The Labute approximate surface area is 112 Å². The number of rotatable bonds is 2. The summed E-state index contributed by atoms with van der Waals surface area (Å²) in [7, 11) is 1.57. The van der Waals surface area contributed by atoms with Crippen molar-refractivity contribution in [2.24, 2.45) is 0 Å². The van der Waals surface area contributed by atoms with E-state index in [1.807, 2.05) is 26.8 Å². The van der Waals surface area contributed by atoms with E-state index in [-0.39, 0.29) is 17.0 Å². The number of ether oxygens (including phenoxy) is 1. The van der Waals surface area contributed by atoms with Crippen LogP contribution in [0.15, 0.2) is 22.7 Å². The van der Waals surface area contributed by atoms with E-state index in [1.54, 1.807) is 19.2 Å². The molecule has 0 bridgehead atoms. The maximum absolute atomic E-state index is 10.2. The van der Waals surface area contributed by atoms with Crippen molar-refractivity contribution in [1.29, 1.82) is 0 Å². The fraction of sp³-hybridized carbons (Fsp3) is 0.357. The summed E-state index contributed by atoms with van der Waals surface area (Å²) in [4.78, 5) is 0. The zero-order chi connectivity index (χ0) is 14.2. The predicted molar refractivity (Wildman–Crippen MR) is 73.3 cm³/mol. The second-order valence-corrected chi connectivity index (χ2v) is 5.44. The fourth-order valence-corrected chi connectivity index (χ4v) is 1.95. The van der Waals surface area contributed by atoms with Crippen LogP contribution in [0.2, 0.25) is 0 Å². The third-order valence-electron chi connectivity index (χ3n) is 2.92. The fourth-order valence-electron chi connectivity index (χ4n) is 1.95. The summed E-state index contributed by atoms with van der Waals surface area (Å²) in [5.41, 5.74) is 6.78. The molecule has 0 spiro atoms. The van der Waals surface area contributed by atoms with Crippen molar-refractivity contribution in [3.8, 4) is 22.8 Å². The molecule has 2 aromatic rings. The average Bonchev–Trinajstić information content (AvgIpc) is 2.73. The van der Waals surface area contributed by atoms with Gasteiger partial charge in [-0.2, -0.15) is 0 Å². The summed E-state index contributed by atoms with van der Waals surface area (Å²) in [5.74, 6) is 1.55. The van der Waals surface area contributed by atoms with E-state index >= 15 is 0 Å². The monoisotopic (exact) mass is 262 g/mol. The van der Waals surface area contributed by atoms with Crippen LogP contribution in [0.5, 0.6) is 11.5 Å². The molecular weight excluding hydrogens is 244 g/mol. The van der Waals surface area contributed by atoms with Gasteiger partial charge in [0.1, 0.15) is 11.5 Å². The number of aromatic hydroxyl groups is 1. The molecule has 5 heteroatoms. The van der Waals surface area contributed by atoms with Gasteiger partial charge in [-0.1, -0.05) is 25.9 Å². The molecule has 5 nitrogen and oxygen atoms in total. The van der Waals surface area contributed by atoms with Gasteiger partial charge in [-0.05, 0) is 17.5 Å². The Balaban J connectivity index is 2.61. The highest BCUT2D eigenvalue weighted by Crippen LogP contribution is 2.40. The second kappa shape index (κ2) is 4.50. The number of methoxy groups -OCH3 is 1. The van der Waals surface area contributed by atoms with E-state index in [2.05, 4.69) is 5.16 Å². The first-order chi connectivity index (χ1) is 8.82. The highest BCUT2D eigenvalue weighted by Gasteiger charge is 2.22. The topological polar surface area (TPSA) is 81.5 Å². The SMILES string of the molecule is COc1cc(C(C)(C)C)c(O)cc1-c1cc(N)no1. The number of hydrogen-bond acceptors (Lipinski definition) is 5. The molecule has 0 amide bonds. The van der Waals surface area contributed by atoms with Crippen LogP contribution < -0.4 is 10.5 Å². The Hall–Kier alpha value is -2.17. The van der Waals surface area contributed by atoms with Gasteiger partial charge in [0, 0.05) is 11.6 Å². The molecule has 102 valence electrons. The van der Waals surface area contributed by atoms with E-state index in [9.17, 15) is 5.11 Å². The van der Waals surface area contributed by atoms with Crippen LogP contribution in [0, 0.1) is 0 Å². The van der Waals surface area contributed by atoms with E-state index < -0.39 is 0 Å². The largest absolute Gasteiger partial charge is 0.508 e. The number of nitrogens with zero attached hydrogens (tertiary/aromatic N) is 1. The van der Waals surface area contributed by atoms with Gasteiger partial charge in [-0.15, -0.1) is 0 Å². The van der Waals surface area contributed by atoms with Gasteiger partial charge in [0.05, 0.1) is 12.7 Å². The van der Waals surface area contributed by atoms with Gasteiger partial charge in [0.2, 0.25) is 0 Å². The van der Waals surface area contributed by atoms with Crippen LogP contribution in [0.3, 0.4) is 0 Å². The van der Waals surface area contributed by atoms with E-state index in [1.165, 1.54) is 0 Å². The number of aromatic nitrogens is 1. The zero-order valence-electron chi connectivity index (χ0n) is 11.5. The first kappa shape index (κ1) is 13.3. The molecule has 1 aromatic heterocycles. The standard InChI is InChI=1S/C14H18N2O3/c1-14(2,3)9-6-11(18-4)8(5-10(9)17)12-7-13(15)16-19-12/h5-7,17H,1-4H3,(H2,15,16). The molecule has 0 saturated heterocycles. The number of anilines is 1. The van der Waals surface area contributed by atoms with Crippen molar-refractivity contribution in [2.75, 3.05) is 12.8 Å². The summed E-state index contributed by atoms with van der Waals surface area (Å²) < 4.78 is 10.5. The molecule has 0 radical (unpaired) electrons. The summed E-state index contributed by atoms with van der Waals surface area (Å²) in [6, 6.07) is 5.01. The quantitative estimate of drug-likeness (QED) is 0.869. The first-order valence-electron chi connectivity index (χ1n) is 5.97. The smallest absolute Gasteiger partial charge is 0.172 e. The number of nitrogens with two attached hydrogens (primary N) is 1. The molecule has 1 aromatic carbocycles. The number of phenolic OH excluding ortho intramolecular Hbond substituents is 1. The second-order valence-electron chi connectivity index (χ2n) is 5.44. The van der Waals surface area contributed by atoms with Gasteiger partial charge in [-0.25, -0.2) is 0 Å². The molecule has 3 N–H and O–H groups in total. The summed E-state index contributed by atoms with van der Waals surface area (Å²) >= 11 is 0. The van der Waals surface area contributed by atoms with Crippen molar-refractivity contribution in [3.05, 3.63) is 23.8 Å². The van der Waals surface area contributed by atoms with Crippen molar-refractivity contribution < 1.29 is 14.4 Å². The van der Waals surface area contributed by atoms with Gasteiger partial charge in [-0.3, -0.25) is 0 Å². The summed E-state index contributed by atoms with van der Waals surface area (Å²) in [6.07, 6.45) is 0. The number of hydrogen-bond donors (Lipinski definition) is 2. The summed E-state index contributed by atoms with van der Waals surface area (Å²) in [6.45, 7) is 6.06. The minimum Gasteiger partial charge on any atom is -0.508 e. The Morgan fingerprint density at radius 2 is 1.95 bits per heavy atom. The maximum Gasteiger partial charge on any atom is 0.172 e. The third kappa shape index (κ3) is 2.50. The van der Waals surface area contributed by atoms with Crippen LogP contribution in [0.25, 0.3) is 11.3 Å². The molecule has 0 aliphatic rings. The van der Waals surface area contributed by atoms with Crippen LogP contribution in [0.1, 0.15) is 26.3 Å². The number of phenols is 1. The highest BCUT2D eigenvalue weighted by atomic mass is 16.5. The molecule has 0 fully saturated rings. The Bertz CT molecular complexity index is 597. The molecule has 0 aliphatic heterocycles. The van der Waals surface area contributed by atoms with Crippen molar-refractivity contribution in [3.63, 3.8) is 0 Å². The predicted octanol–water partition coefficient (Wildman–Crippen LogP) is 2.94. The third-order valence-corrected chi connectivity index (χ3v) is 2.92. The molecule has 0 saturated carbocycles. The van der Waals surface area contributed by atoms with Crippen LogP contribution in [-0.2, 0) is 5.41 Å². The number of benzene rings is 1. The number of nitrogen functional groups attached to an aromatic ring is 1. The molecule has 0 unspecified atom stereocenters. The lowest BCUT2D eigenvalue weighted by molar-refractivity contribution is 0.399. The van der Waals surface area contributed by atoms with Crippen LogP contribution in [-0.4, -0.2) is 17.4 Å². The molecule has 19 heavy (non-hydrogen) atoms. The minimum atomic E-state index is -0.184. The summed E-state index contributed by atoms with van der Waals surface area (Å²) in [5, 5.41) is 13.8. The lowest BCUT2D eigenvalue weighted by Gasteiger charge is -2.22. The first-order valence-corrected chi connectivity index (χ1v) is 5.97. The highest BCUT2D eigenvalue weighted by molar-refractivity contribution is 5.71. The molecular formula is C14H18N2O3. The lowest BCUT2D eigenvalue weighted by atomic mass is 9.85. The average molecular weight is 262 g/mol. The van der Waals surface area contributed by atoms with Crippen LogP contribution >= 0.6 is 0 Å². The molecule has 0 atom stereocenters. The van der Waals surface area contributed by atoms with Crippen molar-refractivity contribution in [1.82, 2.24) is 5.16 Å². The van der Waals surface area contributed by atoms with E-state index in [0.29, 0.717) is 17.1 Å². The molecule has 1 heterocycles. The van der Waals surface area contributed by atoms with Crippen LogP contribution in [0.4, 0.5) is 5.82 Å². The van der Waals surface area contributed by atoms with E-state index in [0.717, 1.165) is 5.56 Å². The zero-order valence-corrected chi connectivity index (χ0v) is 11.5. The maximum atomic E-state index is 10.2. The van der Waals surface area contributed by atoms with Gasteiger partial charge in [0.15, 0.2) is 11.6 Å². The normalized spacial score (nSPS) is 11.6. The lowest BCUT2D eigenvalue weighted by Crippen LogP contribution is -2.11. The molecule has 0 aliphatic carbocycles. The molecule has 2 rings (SSSR count). The van der Waals surface area contributed by atoms with Gasteiger partial charge >= 0.3 is 0 Å². The van der Waals surface area contributed by atoms with Gasteiger partial charge in [0.25, 0.3) is 0 Å².